The van der Waals surface area contributed by atoms with E-state index in [2.05, 4.69) is 4.98 Å². The summed E-state index contributed by atoms with van der Waals surface area (Å²) in [5, 5.41) is 12.8. The molecule has 0 spiro atoms. The predicted octanol–water partition coefficient (Wildman–Crippen LogP) is 3.06. The first-order valence-electron chi connectivity index (χ1n) is 6.41. The van der Waals surface area contributed by atoms with Gasteiger partial charge in [0.15, 0.2) is 4.96 Å². The van der Waals surface area contributed by atoms with Gasteiger partial charge in [-0.3, -0.25) is 4.40 Å². The van der Waals surface area contributed by atoms with Crippen LogP contribution < -0.4 is 5.73 Å². The fourth-order valence-corrected chi connectivity index (χ4v) is 3.85. The zero-order valence-corrected chi connectivity index (χ0v) is 13.5. The predicted molar refractivity (Wildman–Crippen MR) is 87.4 cm³/mol. The van der Waals surface area contributed by atoms with Crippen molar-refractivity contribution in [1.29, 1.82) is 0 Å². The molecule has 0 aliphatic carbocycles. The summed E-state index contributed by atoms with van der Waals surface area (Å²) in [6, 6.07) is 7.38. The zero-order valence-electron chi connectivity index (χ0n) is 11.1. The molecule has 0 fully saturated rings. The largest absolute Gasteiger partial charge is 0.395 e. The number of fused-ring (bicyclic) bond motifs is 1. The van der Waals surface area contributed by atoms with Gasteiger partial charge in [-0.1, -0.05) is 23.4 Å². The monoisotopic (exact) mass is 339 g/mol. The second-order valence-corrected chi connectivity index (χ2v) is 6.99. The molecular weight excluding hydrogens is 326 g/mol. The van der Waals surface area contributed by atoms with E-state index in [0.717, 1.165) is 20.6 Å². The molecule has 3 aromatic rings. The number of halogens is 1. The number of aliphatic hydroxyl groups is 1. The molecule has 0 amide bonds. The van der Waals surface area contributed by atoms with Gasteiger partial charge in [-0.25, -0.2) is 4.98 Å². The molecule has 1 aromatic carbocycles. The van der Waals surface area contributed by atoms with Crippen molar-refractivity contribution in [2.75, 3.05) is 6.61 Å². The van der Waals surface area contributed by atoms with Gasteiger partial charge in [0.1, 0.15) is 5.03 Å². The highest BCUT2D eigenvalue weighted by Crippen LogP contribution is 2.32. The summed E-state index contributed by atoms with van der Waals surface area (Å²) in [6.07, 6.45) is 2.57. The summed E-state index contributed by atoms with van der Waals surface area (Å²) in [5.41, 5.74) is 6.93. The summed E-state index contributed by atoms with van der Waals surface area (Å²) >= 11 is 9.08. The minimum absolute atomic E-state index is 0.0393. The van der Waals surface area contributed by atoms with Gasteiger partial charge < -0.3 is 10.8 Å². The van der Waals surface area contributed by atoms with E-state index in [-0.39, 0.29) is 12.6 Å². The minimum Gasteiger partial charge on any atom is -0.395 e. The Kier molecular flexibility index (Phi) is 4.51. The standard InChI is InChI=1S/C14H14ClN3OS2/c15-9-1-3-11(4-2-9)21-13-12(7-10(16)8-19)18-5-6-20-14(18)17-13/h1-6,10,19H,7-8,16H2. The van der Waals surface area contributed by atoms with Gasteiger partial charge in [0.25, 0.3) is 0 Å². The molecule has 0 radical (unpaired) electrons. The van der Waals surface area contributed by atoms with Gasteiger partial charge in [-0.15, -0.1) is 11.3 Å². The normalized spacial score (nSPS) is 12.9. The van der Waals surface area contributed by atoms with E-state index in [0.29, 0.717) is 11.4 Å². The molecular formula is C14H14ClN3OS2. The number of hydrogen-bond acceptors (Lipinski definition) is 5. The molecule has 2 aromatic heterocycles. The number of rotatable bonds is 5. The van der Waals surface area contributed by atoms with E-state index in [9.17, 15) is 5.11 Å². The number of nitrogens with two attached hydrogens (primary N) is 1. The van der Waals surface area contributed by atoms with Crippen molar-refractivity contribution in [3.8, 4) is 0 Å². The number of hydrogen-bond donors (Lipinski definition) is 2. The minimum atomic E-state index is -0.283. The smallest absolute Gasteiger partial charge is 0.194 e. The summed E-state index contributed by atoms with van der Waals surface area (Å²) in [4.78, 5) is 6.66. The van der Waals surface area contributed by atoms with Crippen LogP contribution >= 0.6 is 34.7 Å². The van der Waals surface area contributed by atoms with Crippen LogP contribution in [0.5, 0.6) is 0 Å². The topological polar surface area (TPSA) is 63.5 Å². The Morgan fingerprint density at radius 1 is 1.38 bits per heavy atom. The maximum absolute atomic E-state index is 9.19. The lowest BCUT2D eigenvalue weighted by molar-refractivity contribution is 0.264. The van der Waals surface area contributed by atoms with Crippen molar-refractivity contribution in [2.24, 2.45) is 5.73 Å². The molecule has 1 unspecified atom stereocenters. The SMILES string of the molecule is NC(CO)Cc1c(Sc2ccc(Cl)cc2)nc2sccn12. The highest BCUT2D eigenvalue weighted by molar-refractivity contribution is 7.99. The Balaban J connectivity index is 1.94. The quantitative estimate of drug-likeness (QED) is 0.750. The first-order chi connectivity index (χ1) is 10.2. The lowest BCUT2D eigenvalue weighted by Gasteiger charge is -2.09. The van der Waals surface area contributed by atoms with Gasteiger partial charge in [-0.2, -0.15) is 0 Å². The first kappa shape index (κ1) is 14.9. The number of aliphatic hydroxyl groups excluding tert-OH is 1. The summed E-state index contributed by atoms with van der Waals surface area (Å²) in [5.74, 6) is 0. The molecule has 0 aliphatic heterocycles. The van der Waals surface area contributed by atoms with E-state index in [1.54, 1.807) is 23.1 Å². The highest BCUT2D eigenvalue weighted by atomic mass is 35.5. The second kappa shape index (κ2) is 6.37. The lowest BCUT2D eigenvalue weighted by Crippen LogP contribution is -2.27. The highest BCUT2D eigenvalue weighted by Gasteiger charge is 2.16. The number of imidazole rings is 1. The molecule has 0 saturated carbocycles. The average Bonchev–Trinajstić information content (AvgIpc) is 3.04. The summed E-state index contributed by atoms with van der Waals surface area (Å²) in [7, 11) is 0. The van der Waals surface area contributed by atoms with Crippen LogP contribution in [0.25, 0.3) is 4.96 Å². The Morgan fingerprint density at radius 2 is 2.14 bits per heavy atom. The summed E-state index contributed by atoms with van der Waals surface area (Å²) < 4.78 is 2.04. The van der Waals surface area contributed by atoms with Crippen molar-refractivity contribution in [3.63, 3.8) is 0 Å². The van der Waals surface area contributed by atoms with Crippen molar-refractivity contribution >= 4 is 39.7 Å². The van der Waals surface area contributed by atoms with Gasteiger partial charge in [0.2, 0.25) is 0 Å². The Bertz CT molecular complexity index is 738. The third-order valence-corrected chi connectivity index (χ3v) is 5.08. The molecule has 7 heteroatoms. The molecule has 0 bridgehead atoms. The zero-order chi connectivity index (χ0) is 14.8. The van der Waals surface area contributed by atoms with Crippen LogP contribution in [0.4, 0.5) is 0 Å². The first-order valence-corrected chi connectivity index (χ1v) is 8.49. The maximum atomic E-state index is 9.19. The Morgan fingerprint density at radius 3 is 2.86 bits per heavy atom. The molecule has 21 heavy (non-hydrogen) atoms. The van der Waals surface area contributed by atoms with Crippen LogP contribution in [-0.2, 0) is 6.42 Å². The van der Waals surface area contributed by atoms with Crippen LogP contribution in [0.1, 0.15) is 5.69 Å². The van der Waals surface area contributed by atoms with Crippen LogP contribution in [0.15, 0.2) is 45.8 Å². The number of nitrogens with zero attached hydrogens (tertiary/aromatic N) is 2. The van der Waals surface area contributed by atoms with E-state index < -0.39 is 0 Å². The number of aromatic nitrogens is 2. The second-order valence-electron chi connectivity index (χ2n) is 4.62. The van der Waals surface area contributed by atoms with E-state index >= 15 is 0 Å². The van der Waals surface area contributed by atoms with E-state index in [1.807, 2.05) is 40.2 Å². The van der Waals surface area contributed by atoms with Crippen LogP contribution in [0.2, 0.25) is 5.02 Å². The van der Waals surface area contributed by atoms with Crippen LogP contribution in [0.3, 0.4) is 0 Å². The van der Waals surface area contributed by atoms with Crippen LogP contribution in [0, 0.1) is 0 Å². The van der Waals surface area contributed by atoms with Gasteiger partial charge in [0.05, 0.1) is 12.3 Å². The molecule has 3 rings (SSSR count). The fraction of sp³-hybridized carbons (Fsp3) is 0.214. The number of thiazole rings is 1. The van der Waals surface area contributed by atoms with Crippen molar-refractivity contribution in [1.82, 2.24) is 9.38 Å². The third kappa shape index (κ3) is 3.25. The van der Waals surface area contributed by atoms with Crippen molar-refractivity contribution < 1.29 is 5.11 Å². The van der Waals surface area contributed by atoms with Gasteiger partial charge in [0, 0.05) is 34.0 Å². The van der Waals surface area contributed by atoms with Gasteiger partial charge in [-0.05, 0) is 24.3 Å². The molecule has 3 N–H and O–H groups in total. The molecule has 0 saturated heterocycles. The summed E-state index contributed by atoms with van der Waals surface area (Å²) in [6.45, 7) is -0.0393. The van der Waals surface area contributed by atoms with Crippen LogP contribution in [-0.4, -0.2) is 27.1 Å². The Hall–Kier alpha value is -1.05. The molecule has 0 aliphatic rings. The van der Waals surface area contributed by atoms with Crippen molar-refractivity contribution in [2.45, 2.75) is 22.4 Å². The molecule has 1 atom stereocenters. The van der Waals surface area contributed by atoms with Gasteiger partial charge >= 0.3 is 0 Å². The van der Waals surface area contributed by atoms with E-state index in [1.165, 1.54) is 0 Å². The fourth-order valence-electron chi connectivity index (χ4n) is 2.01. The Labute approximate surface area is 135 Å². The van der Waals surface area contributed by atoms with Crippen molar-refractivity contribution in [3.05, 3.63) is 46.6 Å². The molecule has 4 nitrogen and oxygen atoms in total. The average molecular weight is 340 g/mol. The maximum Gasteiger partial charge on any atom is 0.194 e. The third-order valence-electron chi connectivity index (χ3n) is 3.04. The lowest BCUT2D eigenvalue weighted by atomic mass is 10.2. The molecule has 2 heterocycles. The number of benzene rings is 1. The molecule has 110 valence electrons. The van der Waals surface area contributed by atoms with E-state index in [4.69, 9.17) is 17.3 Å².